The van der Waals surface area contributed by atoms with Crippen LogP contribution >= 0.6 is 0 Å². The largest absolute Gasteiger partial charge is 0.504 e. The summed E-state index contributed by atoms with van der Waals surface area (Å²) in [6, 6.07) is 8.48. The molecule has 20 heavy (non-hydrogen) atoms. The SMILES string of the molecule is Oc1ccc(COc2ccc(C(F)(F)F)cc2)cc1O. The van der Waals surface area contributed by atoms with Crippen LogP contribution in [0.15, 0.2) is 42.5 Å². The van der Waals surface area contributed by atoms with E-state index in [0.29, 0.717) is 5.56 Å². The molecule has 6 heteroatoms. The molecule has 2 aromatic rings. The van der Waals surface area contributed by atoms with E-state index in [1.807, 2.05) is 0 Å². The van der Waals surface area contributed by atoms with E-state index in [1.54, 1.807) is 6.07 Å². The summed E-state index contributed by atoms with van der Waals surface area (Å²) in [5.74, 6) is -0.243. The summed E-state index contributed by atoms with van der Waals surface area (Å²) in [6.45, 7) is 0.0687. The summed E-state index contributed by atoms with van der Waals surface area (Å²) in [4.78, 5) is 0. The van der Waals surface area contributed by atoms with Crippen molar-refractivity contribution in [1.82, 2.24) is 0 Å². The molecule has 0 fully saturated rings. The summed E-state index contributed by atoms with van der Waals surface area (Å²) >= 11 is 0. The van der Waals surface area contributed by atoms with Crippen LogP contribution < -0.4 is 4.74 Å². The molecule has 3 nitrogen and oxygen atoms in total. The minimum atomic E-state index is -4.37. The van der Waals surface area contributed by atoms with E-state index in [1.165, 1.54) is 24.3 Å². The molecular formula is C14H11F3O3. The summed E-state index contributed by atoms with van der Waals surface area (Å²) in [5, 5.41) is 18.4. The van der Waals surface area contributed by atoms with Crippen LogP contribution in [0.4, 0.5) is 13.2 Å². The van der Waals surface area contributed by atoms with Crippen molar-refractivity contribution in [3.05, 3.63) is 53.6 Å². The van der Waals surface area contributed by atoms with E-state index in [4.69, 9.17) is 9.84 Å². The van der Waals surface area contributed by atoms with Crippen molar-refractivity contribution in [2.75, 3.05) is 0 Å². The van der Waals surface area contributed by atoms with Crippen molar-refractivity contribution in [1.29, 1.82) is 0 Å². The van der Waals surface area contributed by atoms with Gasteiger partial charge in [-0.25, -0.2) is 0 Å². The molecule has 106 valence electrons. The molecule has 2 rings (SSSR count). The second-order valence-electron chi connectivity index (χ2n) is 4.13. The van der Waals surface area contributed by atoms with Crippen LogP contribution in [0.5, 0.6) is 17.2 Å². The molecule has 0 aliphatic rings. The molecule has 0 radical (unpaired) electrons. The number of ether oxygens (including phenoxy) is 1. The molecule has 0 aliphatic carbocycles. The Morgan fingerprint density at radius 1 is 0.900 bits per heavy atom. The first-order chi connectivity index (χ1) is 9.36. The van der Waals surface area contributed by atoms with Gasteiger partial charge in [0.25, 0.3) is 0 Å². The quantitative estimate of drug-likeness (QED) is 0.845. The van der Waals surface area contributed by atoms with Gasteiger partial charge < -0.3 is 14.9 Å². The number of alkyl halides is 3. The van der Waals surface area contributed by atoms with Gasteiger partial charge in [-0.05, 0) is 42.0 Å². The second-order valence-corrected chi connectivity index (χ2v) is 4.13. The van der Waals surface area contributed by atoms with Gasteiger partial charge in [-0.3, -0.25) is 0 Å². The van der Waals surface area contributed by atoms with Crippen LogP contribution in [0.3, 0.4) is 0 Å². The summed E-state index contributed by atoms with van der Waals surface area (Å²) in [6.07, 6.45) is -4.37. The van der Waals surface area contributed by atoms with Crippen molar-refractivity contribution < 1.29 is 28.1 Å². The Kier molecular flexibility index (Phi) is 3.74. The Labute approximate surface area is 112 Å². The third-order valence-corrected chi connectivity index (χ3v) is 2.63. The van der Waals surface area contributed by atoms with Gasteiger partial charge in [0.2, 0.25) is 0 Å². The number of rotatable bonds is 3. The predicted octanol–water partition coefficient (Wildman–Crippen LogP) is 3.70. The smallest absolute Gasteiger partial charge is 0.416 e. The maximum atomic E-state index is 12.4. The normalized spacial score (nSPS) is 11.3. The molecule has 0 unspecified atom stereocenters. The molecule has 0 heterocycles. The minimum Gasteiger partial charge on any atom is -0.504 e. The van der Waals surface area contributed by atoms with Gasteiger partial charge in [-0.2, -0.15) is 13.2 Å². The third-order valence-electron chi connectivity index (χ3n) is 2.63. The van der Waals surface area contributed by atoms with Gasteiger partial charge in [0.1, 0.15) is 12.4 Å². The highest BCUT2D eigenvalue weighted by Crippen LogP contribution is 2.30. The number of phenols is 2. The summed E-state index contributed by atoms with van der Waals surface area (Å²) in [5.41, 5.74) is -0.160. The molecule has 0 bridgehead atoms. The van der Waals surface area contributed by atoms with Crippen LogP contribution in [0, 0.1) is 0 Å². The van der Waals surface area contributed by atoms with E-state index in [9.17, 15) is 18.3 Å². The maximum absolute atomic E-state index is 12.4. The van der Waals surface area contributed by atoms with Crippen LogP contribution in [0.2, 0.25) is 0 Å². The van der Waals surface area contributed by atoms with Crippen molar-refractivity contribution in [2.45, 2.75) is 12.8 Å². The van der Waals surface area contributed by atoms with Crippen LogP contribution in [-0.4, -0.2) is 10.2 Å². The zero-order chi connectivity index (χ0) is 14.8. The predicted molar refractivity (Wildman–Crippen MR) is 65.5 cm³/mol. The number of benzene rings is 2. The first kappa shape index (κ1) is 14.0. The fourth-order valence-corrected chi connectivity index (χ4v) is 1.57. The van der Waals surface area contributed by atoms with Crippen LogP contribution in [0.1, 0.15) is 11.1 Å². The lowest BCUT2D eigenvalue weighted by molar-refractivity contribution is -0.137. The number of hydrogen-bond acceptors (Lipinski definition) is 3. The average molecular weight is 284 g/mol. The van der Waals surface area contributed by atoms with E-state index in [2.05, 4.69) is 0 Å². The molecule has 2 N–H and O–H groups in total. The lowest BCUT2D eigenvalue weighted by Gasteiger charge is -2.09. The van der Waals surface area contributed by atoms with Crippen molar-refractivity contribution in [3.63, 3.8) is 0 Å². The Bertz CT molecular complexity index is 592. The molecule has 0 aromatic heterocycles. The Hall–Kier alpha value is -2.37. The summed E-state index contributed by atoms with van der Waals surface area (Å²) < 4.78 is 42.4. The van der Waals surface area contributed by atoms with E-state index >= 15 is 0 Å². The molecule has 0 saturated heterocycles. The number of phenolic OH excluding ortho intramolecular Hbond substituents is 2. The minimum absolute atomic E-state index is 0.0687. The Balaban J connectivity index is 2.02. The summed E-state index contributed by atoms with van der Waals surface area (Å²) in [7, 11) is 0. The fraction of sp³-hybridized carbons (Fsp3) is 0.143. The van der Waals surface area contributed by atoms with Crippen LogP contribution in [0.25, 0.3) is 0 Å². The number of aromatic hydroxyl groups is 2. The van der Waals surface area contributed by atoms with Crippen LogP contribution in [-0.2, 0) is 12.8 Å². The standard InChI is InChI=1S/C14H11F3O3/c15-14(16,17)10-2-4-11(5-3-10)20-8-9-1-6-12(18)13(19)7-9/h1-7,18-19H,8H2. The first-order valence-corrected chi connectivity index (χ1v) is 5.67. The highest BCUT2D eigenvalue weighted by Gasteiger charge is 2.29. The second kappa shape index (κ2) is 5.32. The molecule has 0 spiro atoms. The van der Waals surface area contributed by atoms with Gasteiger partial charge in [-0.15, -0.1) is 0 Å². The highest BCUT2D eigenvalue weighted by molar-refractivity contribution is 5.40. The van der Waals surface area contributed by atoms with Gasteiger partial charge in [0, 0.05) is 0 Å². The molecule has 0 aliphatic heterocycles. The lowest BCUT2D eigenvalue weighted by Crippen LogP contribution is -2.04. The highest BCUT2D eigenvalue weighted by atomic mass is 19.4. The Morgan fingerprint density at radius 3 is 2.10 bits per heavy atom. The van der Waals surface area contributed by atoms with Gasteiger partial charge in [-0.1, -0.05) is 6.07 Å². The third kappa shape index (κ3) is 3.34. The van der Waals surface area contributed by atoms with Crippen molar-refractivity contribution >= 4 is 0 Å². The fourth-order valence-electron chi connectivity index (χ4n) is 1.57. The van der Waals surface area contributed by atoms with Gasteiger partial charge in [0.05, 0.1) is 5.56 Å². The Morgan fingerprint density at radius 2 is 1.55 bits per heavy atom. The molecule has 0 atom stereocenters. The maximum Gasteiger partial charge on any atom is 0.416 e. The lowest BCUT2D eigenvalue weighted by atomic mass is 10.2. The van der Waals surface area contributed by atoms with Crippen molar-refractivity contribution in [3.8, 4) is 17.2 Å². The van der Waals surface area contributed by atoms with E-state index < -0.39 is 11.7 Å². The zero-order valence-corrected chi connectivity index (χ0v) is 10.2. The number of hydrogen-bond donors (Lipinski definition) is 2. The van der Waals surface area contributed by atoms with E-state index in [-0.39, 0.29) is 23.9 Å². The zero-order valence-electron chi connectivity index (χ0n) is 10.2. The molecule has 0 saturated carbocycles. The first-order valence-electron chi connectivity index (χ1n) is 5.67. The number of halogens is 3. The van der Waals surface area contributed by atoms with Crippen molar-refractivity contribution in [2.24, 2.45) is 0 Å². The van der Waals surface area contributed by atoms with Gasteiger partial charge in [0.15, 0.2) is 11.5 Å². The van der Waals surface area contributed by atoms with E-state index in [0.717, 1.165) is 12.1 Å². The van der Waals surface area contributed by atoms with Gasteiger partial charge >= 0.3 is 6.18 Å². The monoisotopic (exact) mass is 284 g/mol. The molecular weight excluding hydrogens is 273 g/mol. The average Bonchev–Trinajstić information content (AvgIpc) is 2.40. The topological polar surface area (TPSA) is 49.7 Å². The molecule has 0 amide bonds. The molecule has 2 aromatic carbocycles.